The van der Waals surface area contributed by atoms with E-state index >= 15 is 0 Å². The van der Waals surface area contributed by atoms with Crippen molar-refractivity contribution in [3.63, 3.8) is 0 Å². The molecule has 0 heterocycles. The molecule has 0 saturated heterocycles. The molecule has 0 bridgehead atoms. The number of hydrogen-bond donors (Lipinski definition) is 0. The number of hydrogen-bond acceptors (Lipinski definition) is 5. The summed E-state index contributed by atoms with van der Waals surface area (Å²) in [6.07, 6.45) is 0.317. The van der Waals surface area contributed by atoms with E-state index in [2.05, 4.69) is 0 Å². The van der Waals surface area contributed by atoms with E-state index in [4.69, 9.17) is 14.2 Å². The van der Waals surface area contributed by atoms with Gasteiger partial charge in [0.1, 0.15) is 12.4 Å². The van der Waals surface area contributed by atoms with Gasteiger partial charge in [-0.05, 0) is 41.3 Å². The molecule has 0 amide bonds. The number of carbonyl (C=O) groups is 2. The summed E-state index contributed by atoms with van der Waals surface area (Å²) >= 11 is 0. The third kappa shape index (κ3) is 6.44. The first kappa shape index (κ1) is 22.1. The van der Waals surface area contributed by atoms with Gasteiger partial charge in [-0.3, -0.25) is 9.59 Å². The molecule has 3 aromatic rings. The Kier molecular flexibility index (Phi) is 7.82. The molecule has 0 fully saturated rings. The van der Waals surface area contributed by atoms with E-state index in [1.807, 2.05) is 79.7 Å². The number of ether oxygens (including phenoxy) is 3. The molecule has 31 heavy (non-hydrogen) atoms. The summed E-state index contributed by atoms with van der Waals surface area (Å²) in [5, 5.41) is 0. The number of methoxy groups -OCH3 is 1. The molecule has 3 aromatic carbocycles. The predicted octanol–water partition coefficient (Wildman–Crippen LogP) is 4.75. The highest BCUT2D eigenvalue weighted by Crippen LogP contribution is 2.28. The zero-order valence-corrected chi connectivity index (χ0v) is 17.8. The van der Waals surface area contributed by atoms with Crippen LogP contribution in [0.1, 0.15) is 23.6 Å². The molecule has 0 unspecified atom stereocenters. The number of rotatable bonds is 9. The molecule has 5 heteroatoms. The molecule has 0 atom stereocenters. The quantitative estimate of drug-likeness (QED) is 0.469. The highest BCUT2D eigenvalue weighted by molar-refractivity contribution is 5.76. The van der Waals surface area contributed by atoms with Crippen molar-refractivity contribution in [2.24, 2.45) is 0 Å². The van der Waals surface area contributed by atoms with Crippen molar-refractivity contribution in [3.05, 3.63) is 89.5 Å². The first-order valence-electron chi connectivity index (χ1n) is 10.2. The van der Waals surface area contributed by atoms with Crippen LogP contribution in [0, 0.1) is 0 Å². The van der Waals surface area contributed by atoms with Crippen LogP contribution in [0.3, 0.4) is 0 Å². The molecule has 160 valence electrons. The summed E-state index contributed by atoms with van der Waals surface area (Å²) in [6.45, 7) is 2.64. The van der Waals surface area contributed by atoms with Gasteiger partial charge in [0.15, 0.2) is 0 Å². The summed E-state index contributed by atoms with van der Waals surface area (Å²) < 4.78 is 15.9. The first-order chi connectivity index (χ1) is 15.1. The topological polar surface area (TPSA) is 61.8 Å². The largest absolute Gasteiger partial charge is 0.494 e. The lowest BCUT2D eigenvalue weighted by Crippen LogP contribution is -2.09. The van der Waals surface area contributed by atoms with E-state index in [0.717, 1.165) is 27.8 Å². The van der Waals surface area contributed by atoms with E-state index in [0.29, 0.717) is 12.4 Å². The van der Waals surface area contributed by atoms with Gasteiger partial charge in [0.05, 0.1) is 26.6 Å². The van der Waals surface area contributed by atoms with Gasteiger partial charge in [-0.2, -0.15) is 0 Å². The minimum Gasteiger partial charge on any atom is -0.494 e. The van der Waals surface area contributed by atoms with E-state index in [-0.39, 0.29) is 31.4 Å². The highest BCUT2D eigenvalue weighted by atomic mass is 16.5. The van der Waals surface area contributed by atoms with Gasteiger partial charge in [-0.15, -0.1) is 0 Å². The Labute approximate surface area is 182 Å². The third-order valence-electron chi connectivity index (χ3n) is 4.77. The van der Waals surface area contributed by atoms with Crippen molar-refractivity contribution >= 4 is 11.9 Å². The molecule has 0 radical (unpaired) electrons. The Morgan fingerprint density at radius 3 is 2.26 bits per heavy atom. The minimum atomic E-state index is -0.318. The highest BCUT2D eigenvalue weighted by Gasteiger charge is 2.13. The Morgan fingerprint density at radius 1 is 0.774 bits per heavy atom. The van der Waals surface area contributed by atoms with Crippen molar-refractivity contribution < 1.29 is 23.8 Å². The zero-order valence-electron chi connectivity index (χ0n) is 17.8. The minimum absolute atomic E-state index is 0.109. The molecule has 3 rings (SSSR count). The summed E-state index contributed by atoms with van der Waals surface area (Å²) in [6, 6.07) is 23.0. The van der Waals surface area contributed by atoms with Crippen LogP contribution < -0.4 is 4.74 Å². The van der Waals surface area contributed by atoms with Crippen LogP contribution in [0.15, 0.2) is 72.8 Å². The number of esters is 2. The SMILES string of the molecule is CCOc1ccc(-c2cccc(CC(=O)OC)c2)cc1CC(=O)OCc1ccccc1. The van der Waals surface area contributed by atoms with Crippen LogP contribution in [-0.2, 0) is 38.5 Å². The average Bonchev–Trinajstić information content (AvgIpc) is 2.80. The molecule has 0 aromatic heterocycles. The Balaban J connectivity index is 1.78. The normalized spacial score (nSPS) is 10.4. The van der Waals surface area contributed by atoms with Crippen molar-refractivity contribution in [1.82, 2.24) is 0 Å². The molecule has 0 aliphatic heterocycles. The fourth-order valence-electron chi connectivity index (χ4n) is 3.24. The van der Waals surface area contributed by atoms with Crippen molar-refractivity contribution in [1.29, 1.82) is 0 Å². The lowest BCUT2D eigenvalue weighted by atomic mass is 9.98. The third-order valence-corrected chi connectivity index (χ3v) is 4.77. The van der Waals surface area contributed by atoms with Crippen LogP contribution in [0.2, 0.25) is 0 Å². The molecule has 0 N–H and O–H groups in total. The molecule has 0 saturated carbocycles. The second kappa shape index (κ2) is 11.0. The van der Waals surface area contributed by atoms with Crippen LogP contribution in [0.4, 0.5) is 0 Å². The number of benzene rings is 3. The van der Waals surface area contributed by atoms with Crippen LogP contribution in [0.5, 0.6) is 5.75 Å². The lowest BCUT2D eigenvalue weighted by Gasteiger charge is -2.13. The maximum Gasteiger partial charge on any atom is 0.310 e. The van der Waals surface area contributed by atoms with E-state index in [1.165, 1.54) is 7.11 Å². The predicted molar refractivity (Wildman–Crippen MR) is 119 cm³/mol. The van der Waals surface area contributed by atoms with Gasteiger partial charge in [-0.1, -0.05) is 60.7 Å². The van der Waals surface area contributed by atoms with E-state index in [9.17, 15) is 9.59 Å². The second-order valence-electron chi connectivity index (χ2n) is 7.03. The van der Waals surface area contributed by atoms with E-state index in [1.54, 1.807) is 0 Å². The smallest absolute Gasteiger partial charge is 0.310 e. The summed E-state index contributed by atoms with van der Waals surface area (Å²) in [5.41, 5.74) is 4.44. The molecular weight excluding hydrogens is 392 g/mol. The number of carbonyl (C=O) groups excluding carboxylic acids is 2. The monoisotopic (exact) mass is 418 g/mol. The van der Waals surface area contributed by atoms with Crippen LogP contribution >= 0.6 is 0 Å². The molecular formula is C26H26O5. The molecule has 0 aliphatic carbocycles. The fourth-order valence-corrected chi connectivity index (χ4v) is 3.24. The Bertz CT molecular complexity index is 1030. The second-order valence-corrected chi connectivity index (χ2v) is 7.03. The summed E-state index contributed by atoms with van der Waals surface area (Å²) in [4.78, 5) is 24.1. The maximum absolute atomic E-state index is 12.5. The molecule has 0 aliphatic rings. The van der Waals surface area contributed by atoms with Crippen LogP contribution in [0.25, 0.3) is 11.1 Å². The van der Waals surface area contributed by atoms with Crippen molar-refractivity contribution in [3.8, 4) is 16.9 Å². The van der Waals surface area contributed by atoms with Gasteiger partial charge < -0.3 is 14.2 Å². The van der Waals surface area contributed by atoms with Gasteiger partial charge in [0.2, 0.25) is 0 Å². The van der Waals surface area contributed by atoms with E-state index < -0.39 is 0 Å². The van der Waals surface area contributed by atoms with Gasteiger partial charge >= 0.3 is 11.9 Å². The van der Waals surface area contributed by atoms with Gasteiger partial charge in [-0.25, -0.2) is 0 Å². The van der Waals surface area contributed by atoms with Gasteiger partial charge in [0.25, 0.3) is 0 Å². The molecule has 0 spiro atoms. The standard InChI is InChI=1S/C26H26O5/c1-3-30-24-13-12-22(21-11-7-10-20(14-21)15-25(27)29-2)16-23(24)17-26(28)31-18-19-8-5-4-6-9-19/h4-14,16H,3,15,17-18H2,1-2H3. The first-order valence-corrected chi connectivity index (χ1v) is 10.2. The zero-order chi connectivity index (χ0) is 22.1. The summed E-state index contributed by atoms with van der Waals surface area (Å²) in [7, 11) is 1.38. The fraction of sp³-hybridized carbons (Fsp3) is 0.231. The molecule has 5 nitrogen and oxygen atoms in total. The Hall–Kier alpha value is -3.60. The Morgan fingerprint density at radius 2 is 1.52 bits per heavy atom. The maximum atomic E-state index is 12.5. The average molecular weight is 418 g/mol. The lowest BCUT2D eigenvalue weighted by molar-refractivity contribution is -0.144. The van der Waals surface area contributed by atoms with Crippen molar-refractivity contribution in [2.45, 2.75) is 26.4 Å². The van der Waals surface area contributed by atoms with Crippen LogP contribution in [-0.4, -0.2) is 25.7 Å². The summed E-state index contributed by atoms with van der Waals surface area (Å²) in [5.74, 6) is 0.0562. The van der Waals surface area contributed by atoms with Crippen molar-refractivity contribution in [2.75, 3.05) is 13.7 Å². The van der Waals surface area contributed by atoms with Gasteiger partial charge in [0, 0.05) is 5.56 Å².